The van der Waals surface area contributed by atoms with Gasteiger partial charge < -0.3 is 4.74 Å². The zero-order chi connectivity index (χ0) is 13.2. The minimum atomic E-state index is -0.506. The lowest BCUT2D eigenvalue weighted by Gasteiger charge is -2.43. The van der Waals surface area contributed by atoms with E-state index in [0.29, 0.717) is 0 Å². The summed E-state index contributed by atoms with van der Waals surface area (Å²) in [4.78, 5) is 12.0. The van der Waals surface area contributed by atoms with Crippen LogP contribution in [0.3, 0.4) is 0 Å². The molecule has 2 nitrogen and oxygen atoms in total. The molecule has 16 heavy (non-hydrogen) atoms. The van der Waals surface area contributed by atoms with Gasteiger partial charge >= 0.3 is 5.97 Å². The molecule has 0 bridgehead atoms. The number of rotatable bonds is 4. The Labute approximate surface area is 106 Å². The summed E-state index contributed by atoms with van der Waals surface area (Å²) in [7, 11) is 1.45. The number of esters is 1. The van der Waals surface area contributed by atoms with Gasteiger partial charge in [0, 0.05) is 4.75 Å². The Hall–Kier alpha value is -0.180. The number of carbonyl (C=O) groups excluding carboxylic acids is 1. The zero-order valence-electron chi connectivity index (χ0n) is 11.7. The van der Waals surface area contributed by atoms with Crippen molar-refractivity contribution in [3.8, 4) is 0 Å². The largest absolute Gasteiger partial charge is 0.469 e. The average molecular weight is 246 g/mol. The smallest absolute Gasteiger partial charge is 0.312 e. The molecule has 0 aromatic heterocycles. The topological polar surface area (TPSA) is 26.3 Å². The molecule has 2 atom stereocenters. The van der Waals surface area contributed by atoms with Crippen LogP contribution in [-0.4, -0.2) is 17.8 Å². The van der Waals surface area contributed by atoms with Crippen molar-refractivity contribution < 1.29 is 9.53 Å². The molecular weight excluding hydrogens is 220 g/mol. The van der Waals surface area contributed by atoms with Crippen molar-refractivity contribution in [1.82, 2.24) is 0 Å². The van der Waals surface area contributed by atoms with E-state index < -0.39 is 5.41 Å². The molecule has 0 N–H and O–H groups in total. The average Bonchev–Trinajstić information content (AvgIpc) is 2.14. The summed E-state index contributed by atoms with van der Waals surface area (Å²) < 4.78 is 4.82. The van der Waals surface area contributed by atoms with Crippen molar-refractivity contribution >= 4 is 18.6 Å². The normalized spacial score (nSPS) is 19.8. The first-order valence-electron chi connectivity index (χ1n) is 5.81. The third kappa shape index (κ3) is 3.41. The lowest BCUT2D eigenvalue weighted by Crippen LogP contribution is -2.45. The van der Waals surface area contributed by atoms with Crippen molar-refractivity contribution in [2.24, 2.45) is 10.8 Å². The molecule has 0 radical (unpaired) electrons. The highest BCUT2D eigenvalue weighted by Crippen LogP contribution is 2.47. The first-order chi connectivity index (χ1) is 7.00. The number of carbonyl (C=O) groups is 1. The van der Waals surface area contributed by atoms with Crippen LogP contribution in [0.2, 0.25) is 0 Å². The Morgan fingerprint density at radius 2 is 1.62 bits per heavy atom. The number of methoxy groups -OCH3 is 1. The first kappa shape index (κ1) is 15.8. The van der Waals surface area contributed by atoms with Gasteiger partial charge in [-0.15, -0.1) is 0 Å². The maximum absolute atomic E-state index is 12.0. The lowest BCUT2D eigenvalue weighted by molar-refractivity contribution is -0.159. The predicted molar refractivity (Wildman–Crippen MR) is 71.9 cm³/mol. The molecule has 0 aliphatic carbocycles. The molecule has 2 unspecified atom stereocenters. The molecule has 0 fully saturated rings. The minimum absolute atomic E-state index is 0.140. The zero-order valence-corrected chi connectivity index (χ0v) is 12.6. The van der Waals surface area contributed by atoms with Crippen molar-refractivity contribution in [3.63, 3.8) is 0 Å². The Kier molecular flexibility index (Phi) is 4.93. The predicted octanol–water partition coefficient (Wildman–Crippen LogP) is 3.70. The number of thiol groups is 1. The van der Waals surface area contributed by atoms with E-state index in [4.69, 9.17) is 4.74 Å². The number of ether oxygens (including phenoxy) is 1. The quantitative estimate of drug-likeness (QED) is 0.604. The van der Waals surface area contributed by atoms with Gasteiger partial charge in [0.05, 0.1) is 12.5 Å². The van der Waals surface area contributed by atoms with Gasteiger partial charge in [-0.3, -0.25) is 4.79 Å². The van der Waals surface area contributed by atoms with Crippen molar-refractivity contribution in [1.29, 1.82) is 0 Å². The Balaban J connectivity index is 5.20. The van der Waals surface area contributed by atoms with Crippen molar-refractivity contribution in [3.05, 3.63) is 0 Å². The van der Waals surface area contributed by atoms with Crippen molar-refractivity contribution in [2.75, 3.05) is 7.11 Å². The Morgan fingerprint density at radius 1 is 1.19 bits per heavy atom. The Bertz CT molecular complexity index is 253. The summed E-state index contributed by atoms with van der Waals surface area (Å²) in [5.41, 5.74) is -0.645. The fourth-order valence-corrected chi connectivity index (χ4v) is 2.07. The van der Waals surface area contributed by atoms with E-state index in [0.717, 1.165) is 12.8 Å². The van der Waals surface area contributed by atoms with Crippen LogP contribution in [0.15, 0.2) is 0 Å². The van der Waals surface area contributed by atoms with E-state index in [1.54, 1.807) is 0 Å². The summed E-state index contributed by atoms with van der Waals surface area (Å²) in [5, 5.41) is 0. The van der Waals surface area contributed by atoms with Crippen LogP contribution in [0.25, 0.3) is 0 Å². The first-order valence-corrected chi connectivity index (χ1v) is 6.26. The summed E-state index contributed by atoms with van der Waals surface area (Å²) in [5.74, 6) is -0.145. The number of hydrogen-bond donors (Lipinski definition) is 1. The van der Waals surface area contributed by atoms with E-state index in [-0.39, 0.29) is 16.1 Å². The molecule has 0 amide bonds. The summed E-state index contributed by atoms with van der Waals surface area (Å²) in [6.45, 7) is 12.4. The van der Waals surface area contributed by atoms with Crippen LogP contribution >= 0.6 is 12.6 Å². The molecule has 96 valence electrons. The second-order valence-electron chi connectivity index (χ2n) is 6.10. The molecule has 0 aliphatic heterocycles. The third-order valence-electron chi connectivity index (χ3n) is 3.79. The van der Waals surface area contributed by atoms with E-state index in [2.05, 4.69) is 47.2 Å². The van der Waals surface area contributed by atoms with E-state index in [1.165, 1.54) is 7.11 Å². The van der Waals surface area contributed by atoms with Crippen LogP contribution in [0.5, 0.6) is 0 Å². The monoisotopic (exact) mass is 246 g/mol. The molecule has 3 heteroatoms. The third-order valence-corrected chi connectivity index (χ3v) is 4.26. The van der Waals surface area contributed by atoms with Gasteiger partial charge in [0.1, 0.15) is 0 Å². The van der Waals surface area contributed by atoms with Crippen LogP contribution in [0.1, 0.15) is 54.4 Å². The highest BCUT2D eigenvalue weighted by molar-refractivity contribution is 7.81. The van der Waals surface area contributed by atoms with Gasteiger partial charge in [-0.05, 0) is 25.2 Å². The maximum atomic E-state index is 12.0. The van der Waals surface area contributed by atoms with E-state index in [1.807, 2.05) is 6.92 Å². The van der Waals surface area contributed by atoms with Crippen LogP contribution < -0.4 is 0 Å². The van der Waals surface area contributed by atoms with Gasteiger partial charge in [0.25, 0.3) is 0 Å². The van der Waals surface area contributed by atoms with Gasteiger partial charge in [0.15, 0.2) is 0 Å². The van der Waals surface area contributed by atoms with Crippen molar-refractivity contribution in [2.45, 2.75) is 59.1 Å². The summed E-state index contributed by atoms with van der Waals surface area (Å²) >= 11 is 4.64. The lowest BCUT2D eigenvalue weighted by atomic mass is 9.63. The maximum Gasteiger partial charge on any atom is 0.312 e. The van der Waals surface area contributed by atoms with Gasteiger partial charge in [-0.2, -0.15) is 12.6 Å². The molecule has 0 aromatic carbocycles. The summed E-state index contributed by atoms with van der Waals surface area (Å²) in [6, 6.07) is 0. The second kappa shape index (κ2) is 4.99. The standard InChI is InChI=1S/C13H26O2S/c1-8-12(5,16)9-13(6,10(14)15-7)11(2,3)4/h16H,8-9H2,1-7H3. The molecular formula is C13H26O2S. The van der Waals surface area contributed by atoms with Crippen LogP contribution in [0.4, 0.5) is 0 Å². The van der Waals surface area contributed by atoms with Gasteiger partial charge in [0.2, 0.25) is 0 Å². The fraction of sp³-hybridized carbons (Fsp3) is 0.923. The highest BCUT2D eigenvalue weighted by atomic mass is 32.1. The van der Waals surface area contributed by atoms with Gasteiger partial charge in [-0.25, -0.2) is 0 Å². The molecule has 0 rings (SSSR count). The molecule has 0 aliphatic rings. The minimum Gasteiger partial charge on any atom is -0.469 e. The van der Waals surface area contributed by atoms with E-state index >= 15 is 0 Å². The molecule has 0 heterocycles. The summed E-state index contributed by atoms with van der Waals surface area (Å²) in [6.07, 6.45) is 1.65. The van der Waals surface area contributed by atoms with Gasteiger partial charge in [-0.1, -0.05) is 34.6 Å². The molecule has 0 saturated heterocycles. The SMILES string of the molecule is CCC(C)(S)CC(C)(C(=O)OC)C(C)(C)C. The highest BCUT2D eigenvalue weighted by Gasteiger charge is 2.48. The second-order valence-corrected chi connectivity index (χ2v) is 7.18. The van der Waals surface area contributed by atoms with Crippen LogP contribution in [0, 0.1) is 10.8 Å². The molecule has 0 aromatic rings. The Morgan fingerprint density at radius 3 is 1.88 bits per heavy atom. The molecule has 0 spiro atoms. The fourth-order valence-electron chi connectivity index (χ4n) is 1.76. The van der Waals surface area contributed by atoms with Crippen LogP contribution in [-0.2, 0) is 9.53 Å². The number of hydrogen-bond acceptors (Lipinski definition) is 3. The molecule has 0 saturated carbocycles. The van der Waals surface area contributed by atoms with E-state index in [9.17, 15) is 4.79 Å².